The zero-order chi connectivity index (χ0) is 13.4. The van der Waals surface area contributed by atoms with Gasteiger partial charge in [0, 0.05) is 38.4 Å². The lowest BCUT2D eigenvalue weighted by atomic mass is 10.2. The van der Waals surface area contributed by atoms with Crippen LogP contribution in [0.2, 0.25) is 0 Å². The molecule has 7 nitrogen and oxygen atoms in total. The van der Waals surface area contributed by atoms with E-state index in [0.717, 1.165) is 42.7 Å². The molecule has 0 aromatic carbocycles. The Labute approximate surface area is 112 Å². The van der Waals surface area contributed by atoms with Crippen molar-refractivity contribution in [2.75, 3.05) is 24.5 Å². The van der Waals surface area contributed by atoms with Crippen LogP contribution >= 0.6 is 0 Å². The Balaban J connectivity index is 1.85. The molecule has 3 heterocycles. The fraction of sp³-hybridized carbons (Fsp3) is 0.583. The summed E-state index contributed by atoms with van der Waals surface area (Å²) in [7, 11) is 1.92. The summed E-state index contributed by atoms with van der Waals surface area (Å²) in [5, 5.41) is 15.0. The molecule has 1 aliphatic heterocycles. The van der Waals surface area contributed by atoms with Gasteiger partial charge in [0.05, 0.1) is 11.8 Å². The third-order valence-electron chi connectivity index (χ3n) is 3.62. The van der Waals surface area contributed by atoms with Gasteiger partial charge in [-0.25, -0.2) is 0 Å². The minimum atomic E-state index is 0.468. The van der Waals surface area contributed by atoms with Crippen LogP contribution < -0.4 is 10.2 Å². The molecule has 1 fully saturated rings. The molecular weight excluding hydrogens is 242 g/mol. The number of hydrogen-bond acceptors (Lipinski definition) is 5. The van der Waals surface area contributed by atoms with Crippen molar-refractivity contribution in [3.05, 3.63) is 11.9 Å². The smallest absolute Gasteiger partial charge is 0.245 e. The Morgan fingerprint density at radius 1 is 1.42 bits per heavy atom. The average Bonchev–Trinajstić information content (AvgIpc) is 2.98. The Hall–Kier alpha value is -1.89. The predicted molar refractivity (Wildman–Crippen MR) is 73.0 cm³/mol. The number of H-pyrrole nitrogens is 1. The molecule has 1 atom stereocenters. The van der Waals surface area contributed by atoms with Crippen LogP contribution in [0.15, 0.2) is 6.20 Å². The summed E-state index contributed by atoms with van der Waals surface area (Å²) >= 11 is 0. The number of aromatic amines is 1. The summed E-state index contributed by atoms with van der Waals surface area (Å²) in [6.45, 7) is 7.04. The third kappa shape index (κ3) is 2.21. The van der Waals surface area contributed by atoms with E-state index in [-0.39, 0.29) is 0 Å². The standard InChI is InChI=1S/C12H19N7/c1-8-7-19(5-4-13-8)12-15-11(16-17-12)10-6-14-18(3)9(10)2/h6,8,13H,4-5,7H2,1-3H3,(H,15,16,17)/t8-/m0/s1. The van der Waals surface area contributed by atoms with Crippen LogP contribution in [0.4, 0.5) is 5.95 Å². The maximum atomic E-state index is 4.59. The Bertz CT molecular complexity index is 570. The highest BCUT2D eigenvalue weighted by Gasteiger charge is 2.20. The number of piperazine rings is 1. The van der Waals surface area contributed by atoms with Crippen molar-refractivity contribution in [1.29, 1.82) is 0 Å². The molecule has 0 radical (unpaired) electrons. The molecule has 0 unspecified atom stereocenters. The van der Waals surface area contributed by atoms with Gasteiger partial charge in [-0.3, -0.25) is 9.78 Å². The van der Waals surface area contributed by atoms with Gasteiger partial charge in [-0.05, 0) is 13.8 Å². The Morgan fingerprint density at radius 2 is 2.26 bits per heavy atom. The van der Waals surface area contributed by atoms with Gasteiger partial charge in [0.1, 0.15) is 0 Å². The molecule has 1 saturated heterocycles. The number of aromatic nitrogens is 5. The van der Waals surface area contributed by atoms with Crippen molar-refractivity contribution in [2.24, 2.45) is 7.05 Å². The first-order valence-electron chi connectivity index (χ1n) is 6.55. The van der Waals surface area contributed by atoms with E-state index >= 15 is 0 Å². The predicted octanol–water partition coefficient (Wildman–Crippen LogP) is 0.312. The number of nitrogens with one attached hydrogen (secondary N) is 2. The molecule has 0 bridgehead atoms. The van der Waals surface area contributed by atoms with E-state index in [1.54, 1.807) is 0 Å². The van der Waals surface area contributed by atoms with Gasteiger partial charge in [0.15, 0.2) is 5.82 Å². The van der Waals surface area contributed by atoms with Crippen molar-refractivity contribution in [2.45, 2.75) is 19.9 Å². The summed E-state index contributed by atoms with van der Waals surface area (Å²) in [5.74, 6) is 1.55. The molecule has 2 aromatic heterocycles. The van der Waals surface area contributed by atoms with Crippen LogP contribution in [-0.4, -0.2) is 50.6 Å². The second kappa shape index (κ2) is 4.65. The highest BCUT2D eigenvalue weighted by molar-refractivity contribution is 5.58. The maximum absolute atomic E-state index is 4.59. The minimum absolute atomic E-state index is 0.468. The molecule has 0 saturated carbocycles. The van der Waals surface area contributed by atoms with Crippen molar-refractivity contribution < 1.29 is 0 Å². The highest BCUT2D eigenvalue weighted by Crippen LogP contribution is 2.21. The van der Waals surface area contributed by atoms with Crippen LogP contribution in [0.25, 0.3) is 11.4 Å². The second-order valence-corrected chi connectivity index (χ2v) is 5.05. The number of nitrogens with zero attached hydrogens (tertiary/aromatic N) is 5. The van der Waals surface area contributed by atoms with E-state index < -0.39 is 0 Å². The Morgan fingerprint density at radius 3 is 2.95 bits per heavy atom. The van der Waals surface area contributed by atoms with Crippen LogP contribution in [0.3, 0.4) is 0 Å². The Kier molecular flexibility index (Phi) is 2.98. The van der Waals surface area contributed by atoms with Crippen LogP contribution in [0.5, 0.6) is 0 Å². The molecule has 2 N–H and O–H groups in total. The average molecular weight is 261 g/mol. The van der Waals surface area contributed by atoms with Gasteiger partial charge < -0.3 is 10.2 Å². The van der Waals surface area contributed by atoms with Crippen molar-refractivity contribution in [1.82, 2.24) is 30.3 Å². The summed E-state index contributed by atoms with van der Waals surface area (Å²) in [5.41, 5.74) is 2.08. The summed E-state index contributed by atoms with van der Waals surface area (Å²) in [4.78, 5) is 6.79. The lowest BCUT2D eigenvalue weighted by Gasteiger charge is -2.30. The van der Waals surface area contributed by atoms with Crippen molar-refractivity contribution in [3.63, 3.8) is 0 Å². The van der Waals surface area contributed by atoms with Gasteiger partial charge in [-0.2, -0.15) is 10.1 Å². The van der Waals surface area contributed by atoms with Gasteiger partial charge in [0.25, 0.3) is 0 Å². The largest absolute Gasteiger partial charge is 0.337 e. The number of hydrogen-bond donors (Lipinski definition) is 2. The monoisotopic (exact) mass is 261 g/mol. The van der Waals surface area contributed by atoms with Gasteiger partial charge in [-0.15, -0.1) is 5.10 Å². The van der Waals surface area contributed by atoms with E-state index in [2.05, 4.69) is 37.4 Å². The molecule has 2 aromatic rings. The van der Waals surface area contributed by atoms with Gasteiger partial charge in [0.2, 0.25) is 5.95 Å². The molecule has 3 rings (SSSR count). The normalized spacial score (nSPS) is 19.9. The number of anilines is 1. The summed E-state index contributed by atoms with van der Waals surface area (Å²) in [6.07, 6.45) is 1.82. The van der Waals surface area contributed by atoms with Crippen molar-refractivity contribution in [3.8, 4) is 11.4 Å². The minimum Gasteiger partial charge on any atom is -0.337 e. The van der Waals surface area contributed by atoms with E-state index in [1.165, 1.54) is 0 Å². The fourth-order valence-electron chi connectivity index (χ4n) is 2.36. The first-order valence-corrected chi connectivity index (χ1v) is 6.55. The fourth-order valence-corrected chi connectivity index (χ4v) is 2.36. The molecule has 1 aliphatic rings. The van der Waals surface area contributed by atoms with Gasteiger partial charge in [-0.1, -0.05) is 0 Å². The lowest BCUT2D eigenvalue weighted by Crippen LogP contribution is -2.49. The van der Waals surface area contributed by atoms with Gasteiger partial charge >= 0.3 is 0 Å². The molecule has 0 amide bonds. The second-order valence-electron chi connectivity index (χ2n) is 5.05. The SMILES string of the molecule is Cc1c(-c2nc(N3CCN[C@@H](C)C3)n[nH]2)cnn1C. The highest BCUT2D eigenvalue weighted by atomic mass is 15.4. The molecule has 7 heteroatoms. The van der Waals surface area contributed by atoms with E-state index in [1.807, 2.05) is 24.9 Å². The van der Waals surface area contributed by atoms with E-state index in [4.69, 9.17) is 0 Å². The van der Waals surface area contributed by atoms with Crippen LogP contribution in [-0.2, 0) is 7.05 Å². The van der Waals surface area contributed by atoms with E-state index in [9.17, 15) is 0 Å². The van der Waals surface area contributed by atoms with Crippen LogP contribution in [0, 0.1) is 6.92 Å². The lowest BCUT2D eigenvalue weighted by molar-refractivity contribution is 0.480. The summed E-state index contributed by atoms with van der Waals surface area (Å²) in [6, 6.07) is 0.468. The quantitative estimate of drug-likeness (QED) is 0.814. The molecule has 0 spiro atoms. The van der Waals surface area contributed by atoms with Crippen molar-refractivity contribution >= 4 is 5.95 Å². The molecule has 0 aliphatic carbocycles. The van der Waals surface area contributed by atoms with Crippen LogP contribution in [0.1, 0.15) is 12.6 Å². The first-order chi connectivity index (χ1) is 9.15. The molecular formula is C12H19N7. The zero-order valence-electron chi connectivity index (χ0n) is 11.5. The third-order valence-corrected chi connectivity index (χ3v) is 3.62. The zero-order valence-corrected chi connectivity index (χ0v) is 11.5. The maximum Gasteiger partial charge on any atom is 0.245 e. The molecule has 102 valence electrons. The summed E-state index contributed by atoms with van der Waals surface area (Å²) < 4.78 is 1.84. The topological polar surface area (TPSA) is 74.7 Å². The van der Waals surface area contributed by atoms with E-state index in [0.29, 0.717) is 6.04 Å². The number of rotatable bonds is 2. The first kappa shape index (κ1) is 12.2. The molecule has 19 heavy (non-hydrogen) atoms. The number of aryl methyl sites for hydroxylation is 1.